The molecule has 0 aliphatic rings. The van der Waals surface area contributed by atoms with Crippen LogP contribution in [0.25, 0.3) is 0 Å². The maximum atomic E-state index is 12.2. The molecule has 0 aromatic carbocycles. The molecular formula is C13H23N3O6S. The fraction of sp³-hybridized carbons (Fsp3) is 0.692. The second-order valence-electron chi connectivity index (χ2n) is 4.96. The van der Waals surface area contributed by atoms with Crippen LogP contribution < -0.4 is 16.4 Å². The lowest BCUT2D eigenvalue weighted by Crippen LogP contribution is -2.54. The second-order valence-corrected chi connectivity index (χ2v) is 5.95. The van der Waals surface area contributed by atoms with Crippen LogP contribution in [0.2, 0.25) is 0 Å². The van der Waals surface area contributed by atoms with Crippen LogP contribution >= 0.6 is 11.8 Å². The van der Waals surface area contributed by atoms with Gasteiger partial charge in [-0.25, -0.2) is 4.79 Å². The fourth-order valence-corrected chi connectivity index (χ4v) is 2.08. The Kier molecular flexibility index (Phi) is 9.99. The largest absolute Gasteiger partial charge is 0.481 e. The Bertz CT molecular complexity index is 443. The molecule has 0 heterocycles. The van der Waals surface area contributed by atoms with Gasteiger partial charge in [-0.15, -0.1) is 0 Å². The molecule has 6 N–H and O–H groups in total. The predicted octanol–water partition coefficient (Wildman–Crippen LogP) is -0.994. The van der Waals surface area contributed by atoms with Crippen molar-refractivity contribution in [3.05, 3.63) is 0 Å². The zero-order chi connectivity index (χ0) is 18.0. The van der Waals surface area contributed by atoms with E-state index in [2.05, 4.69) is 10.6 Å². The first-order valence-corrected chi connectivity index (χ1v) is 8.38. The summed E-state index contributed by atoms with van der Waals surface area (Å²) >= 11 is 1.43. The van der Waals surface area contributed by atoms with Gasteiger partial charge in [-0.3, -0.25) is 14.4 Å². The van der Waals surface area contributed by atoms with Crippen LogP contribution in [0.4, 0.5) is 0 Å². The topological polar surface area (TPSA) is 159 Å². The SMILES string of the molecule is CSCCC(NC(=O)C(CCC(=O)O)NC(=O)C(C)N)C(=O)O. The number of aliphatic carboxylic acids is 2. The van der Waals surface area contributed by atoms with Crippen molar-refractivity contribution in [3.8, 4) is 0 Å². The molecule has 0 bridgehead atoms. The van der Waals surface area contributed by atoms with Crippen LogP contribution in [-0.4, -0.2) is 64.1 Å². The number of thioether (sulfide) groups is 1. The van der Waals surface area contributed by atoms with Crippen LogP contribution in [0.5, 0.6) is 0 Å². The molecule has 0 saturated carbocycles. The first kappa shape index (κ1) is 21.2. The maximum Gasteiger partial charge on any atom is 0.326 e. The first-order chi connectivity index (χ1) is 10.7. The van der Waals surface area contributed by atoms with E-state index < -0.39 is 41.9 Å². The molecule has 3 unspecified atom stereocenters. The Morgan fingerprint density at radius 3 is 2.04 bits per heavy atom. The van der Waals surface area contributed by atoms with Crippen LogP contribution in [0.3, 0.4) is 0 Å². The summed E-state index contributed by atoms with van der Waals surface area (Å²) in [6.07, 6.45) is 1.52. The highest BCUT2D eigenvalue weighted by Crippen LogP contribution is 2.04. The van der Waals surface area contributed by atoms with Crippen LogP contribution in [-0.2, 0) is 19.2 Å². The minimum absolute atomic E-state index is 0.158. The molecule has 0 saturated heterocycles. The molecule has 10 heteroatoms. The quantitative estimate of drug-likeness (QED) is 0.318. The van der Waals surface area contributed by atoms with Crippen molar-refractivity contribution < 1.29 is 29.4 Å². The van der Waals surface area contributed by atoms with Gasteiger partial charge in [0, 0.05) is 6.42 Å². The normalized spacial score (nSPS) is 14.4. The predicted molar refractivity (Wildman–Crippen MR) is 85.0 cm³/mol. The summed E-state index contributed by atoms with van der Waals surface area (Å²) in [5.74, 6) is -3.15. The summed E-state index contributed by atoms with van der Waals surface area (Å²) in [5.41, 5.74) is 5.40. The molecule has 23 heavy (non-hydrogen) atoms. The van der Waals surface area contributed by atoms with Gasteiger partial charge in [0.15, 0.2) is 0 Å². The number of carboxylic acid groups (broad SMARTS) is 2. The lowest BCUT2D eigenvalue weighted by atomic mass is 10.1. The van der Waals surface area contributed by atoms with Crippen molar-refractivity contribution in [1.82, 2.24) is 10.6 Å². The molecule has 3 atom stereocenters. The molecular weight excluding hydrogens is 326 g/mol. The second kappa shape index (κ2) is 10.8. The van der Waals surface area contributed by atoms with Crippen molar-refractivity contribution in [3.63, 3.8) is 0 Å². The van der Waals surface area contributed by atoms with Crippen molar-refractivity contribution in [2.24, 2.45) is 5.73 Å². The van der Waals surface area contributed by atoms with E-state index >= 15 is 0 Å². The van der Waals surface area contributed by atoms with Gasteiger partial charge in [0.25, 0.3) is 0 Å². The summed E-state index contributed by atoms with van der Waals surface area (Å²) in [5, 5.41) is 22.5. The van der Waals surface area contributed by atoms with Crippen molar-refractivity contribution >= 4 is 35.5 Å². The lowest BCUT2D eigenvalue weighted by Gasteiger charge is -2.21. The monoisotopic (exact) mass is 349 g/mol. The van der Waals surface area contributed by atoms with Crippen LogP contribution in [0, 0.1) is 0 Å². The number of hydrogen-bond donors (Lipinski definition) is 5. The van der Waals surface area contributed by atoms with E-state index in [9.17, 15) is 19.2 Å². The van der Waals surface area contributed by atoms with Gasteiger partial charge in [0.1, 0.15) is 12.1 Å². The highest BCUT2D eigenvalue weighted by molar-refractivity contribution is 7.98. The van der Waals surface area contributed by atoms with Gasteiger partial charge in [-0.2, -0.15) is 11.8 Å². The number of rotatable bonds is 11. The van der Waals surface area contributed by atoms with Crippen molar-refractivity contribution in [2.75, 3.05) is 12.0 Å². The van der Waals surface area contributed by atoms with E-state index in [4.69, 9.17) is 15.9 Å². The smallest absolute Gasteiger partial charge is 0.326 e. The molecule has 0 aliphatic heterocycles. The Morgan fingerprint density at radius 2 is 1.61 bits per heavy atom. The number of nitrogens with two attached hydrogens (primary N) is 1. The highest BCUT2D eigenvalue weighted by atomic mass is 32.2. The molecule has 0 rings (SSSR count). The van der Waals surface area contributed by atoms with Crippen LogP contribution in [0.15, 0.2) is 0 Å². The molecule has 132 valence electrons. The molecule has 9 nitrogen and oxygen atoms in total. The van der Waals surface area contributed by atoms with Gasteiger partial charge < -0.3 is 26.6 Å². The third kappa shape index (κ3) is 9.04. The number of carboxylic acids is 2. The number of nitrogens with one attached hydrogen (secondary N) is 2. The highest BCUT2D eigenvalue weighted by Gasteiger charge is 2.27. The summed E-state index contributed by atoms with van der Waals surface area (Å²) in [6, 6.07) is -3.13. The van der Waals surface area contributed by atoms with Gasteiger partial charge in [-0.05, 0) is 31.8 Å². The van der Waals surface area contributed by atoms with E-state index in [1.54, 1.807) is 6.26 Å². The van der Waals surface area contributed by atoms with Gasteiger partial charge in [0.2, 0.25) is 11.8 Å². The Balaban J connectivity index is 4.89. The minimum atomic E-state index is -1.19. The number of hydrogen-bond acceptors (Lipinski definition) is 6. The molecule has 0 fully saturated rings. The van der Waals surface area contributed by atoms with Gasteiger partial charge in [0.05, 0.1) is 6.04 Å². The average molecular weight is 349 g/mol. The van der Waals surface area contributed by atoms with E-state index in [1.165, 1.54) is 18.7 Å². The summed E-state index contributed by atoms with van der Waals surface area (Å²) in [6.45, 7) is 1.42. The Labute approximate surface area is 138 Å². The average Bonchev–Trinajstić information content (AvgIpc) is 2.46. The van der Waals surface area contributed by atoms with Gasteiger partial charge in [-0.1, -0.05) is 0 Å². The first-order valence-electron chi connectivity index (χ1n) is 6.98. The third-order valence-corrected chi connectivity index (χ3v) is 3.56. The number of carbonyl (C=O) groups excluding carboxylic acids is 2. The van der Waals surface area contributed by atoms with E-state index in [1.807, 2.05) is 0 Å². The van der Waals surface area contributed by atoms with Crippen molar-refractivity contribution in [1.29, 1.82) is 0 Å². The Hall–Kier alpha value is -1.81. The Morgan fingerprint density at radius 1 is 1.04 bits per heavy atom. The molecule has 0 radical (unpaired) electrons. The zero-order valence-corrected chi connectivity index (χ0v) is 13.9. The number of carbonyl (C=O) groups is 4. The zero-order valence-electron chi connectivity index (χ0n) is 13.1. The number of amides is 2. The summed E-state index contributed by atoms with van der Waals surface area (Å²) in [4.78, 5) is 45.6. The minimum Gasteiger partial charge on any atom is -0.481 e. The summed E-state index contributed by atoms with van der Waals surface area (Å²) in [7, 11) is 0. The third-order valence-electron chi connectivity index (χ3n) is 2.92. The molecule has 0 aromatic heterocycles. The molecule has 0 aromatic rings. The lowest BCUT2D eigenvalue weighted by molar-refractivity contribution is -0.143. The van der Waals surface area contributed by atoms with E-state index in [0.29, 0.717) is 5.75 Å². The van der Waals surface area contributed by atoms with Crippen LogP contribution in [0.1, 0.15) is 26.2 Å². The standard InChI is InChI=1S/C13H23N3O6S/c1-7(14)11(19)15-8(3-4-10(17)18)12(20)16-9(13(21)22)5-6-23-2/h7-9H,3-6,14H2,1-2H3,(H,15,19)(H,16,20)(H,17,18)(H,21,22). The fourth-order valence-electron chi connectivity index (χ4n) is 1.61. The van der Waals surface area contributed by atoms with E-state index in [-0.39, 0.29) is 19.3 Å². The molecule has 0 aliphatic carbocycles. The van der Waals surface area contributed by atoms with E-state index in [0.717, 1.165) is 0 Å². The maximum absolute atomic E-state index is 12.2. The molecule has 2 amide bonds. The molecule has 0 spiro atoms. The summed E-state index contributed by atoms with van der Waals surface area (Å²) < 4.78 is 0. The van der Waals surface area contributed by atoms with Gasteiger partial charge >= 0.3 is 11.9 Å². The van der Waals surface area contributed by atoms with Crippen molar-refractivity contribution in [2.45, 2.75) is 44.3 Å².